The highest BCUT2D eigenvalue weighted by atomic mass is 32.1. The second-order valence-corrected chi connectivity index (χ2v) is 9.25. The summed E-state index contributed by atoms with van der Waals surface area (Å²) in [4.78, 5) is 27.1. The van der Waals surface area contributed by atoms with Gasteiger partial charge in [0.25, 0.3) is 5.56 Å². The van der Waals surface area contributed by atoms with Gasteiger partial charge in [0.05, 0.1) is 52.9 Å². The molecule has 0 spiro atoms. The minimum Gasteiger partial charge on any atom is -0.389 e. The van der Waals surface area contributed by atoms with Gasteiger partial charge in [-0.2, -0.15) is 0 Å². The largest absolute Gasteiger partial charge is 0.389 e. The molecule has 5 aromatic rings. The Kier molecular flexibility index (Phi) is 5.41. The molecule has 2 unspecified atom stereocenters. The van der Waals surface area contributed by atoms with Crippen LogP contribution < -0.4 is 5.56 Å². The molecule has 0 bridgehead atoms. The maximum Gasteiger partial charge on any atom is 0.261 e. The summed E-state index contributed by atoms with van der Waals surface area (Å²) >= 11 is 1.55. The molecule has 1 saturated heterocycles. The third-order valence-electron chi connectivity index (χ3n) is 6.44. The molecule has 7 nitrogen and oxygen atoms in total. The fraction of sp³-hybridized carbons (Fsp3) is 0.231. The van der Waals surface area contributed by atoms with Crippen molar-refractivity contribution in [2.45, 2.75) is 25.0 Å². The lowest BCUT2D eigenvalue weighted by Crippen LogP contribution is -2.39. The predicted octanol–water partition coefficient (Wildman–Crippen LogP) is 3.98. The number of pyridine rings is 1. The van der Waals surface area contributed by atoms with Gasteiger partial charge in [0.2, 0.25) is 0 Å². The van der Waals surface area contributed by atoms with Crippen molar-refractivity contribution in [3.8, 4) is 11.4 Å². The number of aliphatic hydroxyl groups is 1. The first-order valence-electron chi connectivity index (χ1n) is 11.2. The van der Waals surface area contributed by atoms with Crippen LogP contribution >= 0.6 is 11.3 Å². The molecule has 34 heavy (non-hydrogen) atoms. The van der Waals surface area contributed by atoms with E-state index in [0.717, 1.165) is 33.3 Å². The summed E-state index contributed by atoms with van der Waals surface area (Å²) in [5.74, 6) is 0. The SMILES string of the molecule is O=c1c2cc(Cc3ccc(-c4cscn4)nc3)c3ccccc3c2ncn1C1CCOCC1O. The van der Waals surface area contributed by atoms with E-state index in [1.807, 2.05) is 41.9 Å². The van der Waals surface area contributed by atoms with E-state index in [4.69, 9.17) is 4.74 Å². The van der Waals surface area contributed by atoms with E-state index in [9.17, 15) is 9.90 Å². The Labute approximate surface area is 199 Å². The van der Waals surface area contributed by atoms with Gasteiger partial charge in [0, 0.05) is 23.6 Å². The number of rotatable bonds is 4. The quantitative estimate of drug-likeness (QED) is 0.400. The van der Waals surface area contributed by atoms with E-state index in [1.54, 1.807) is 27.7 Å². The van der Waals surface area contributed by atoms with Crippen molar-refractivity contribution in [2.75, 3.05) is 13.2 Å². The van der Waals surface area contributed by atoms with Gasteiger partial charge in [0.15, 0.2) is 0 Å². The Balaban J connectivity index is 1.45. The van der Waals surface area contributed by atoms with Crippen molar-refractivity contribution >= 4 is 33.0 Å². The Morgan fingerprint density at radius 3 is 2.71 bits per heavy atom. The number of aliphatic hydroxyl groups excluding tert-OH is 1. The van der Waals surface area contributed by atoms with E-state index >= 15 is 0 Å². The molecule has 0 aliphatic carbocycles. The normalized spacial score (nSPS) is 18.5. The molecule has 0 saturated carbocycles. The molecule has 170 valence electrons. The number of nitrogens with zero attached hydrogens (tertiary/aromatic N) is 4. The molecule has 2 atom stereocenters. The molecule has 0 amide bonds. The van der Waals surface area contributed by atoms with Crippen LogP contribution in [0.4, 0.5) is 0 Å². The van der Waals surface area contributed by atoms with Crippen LogP contribution in [0.2, 0.25) is 0 Å². The highest BCUT2D eigenvalue weighted by molar-refractivity contribution is 7.07. The van der Waals surface area contributed by atoms with Gasteiger partial charge in [-0.1, -0.05) is 30.3 Å². The van der Waals surface area contributed by atoms with Crippen LogP contribution in [0, 0.1) is 0 Å². The van der Waals surface area contributed by atoms with Crippen LogP contribution in [0.25, 0.3) is 33.1 Å². The number of benzene rings is 2. The van der Waals surface area contributed by atoms with E-state index in [0.29, 0.717) is 30.4 Å². The lowest BCUT2D eigenvalue weighted by atomic mass is 9.96. The Morgan fingerprint density at radius 2 is 1.94 bits per heavy atom. The summed E-state index contributed by atoms with van der Waals surface area (Å²) in [5, 5.41) is 15.0. The first kappa shape index (κ1) is 21.1. The molecular weight excluding hydrogens is 448 g/mol. The maximum atomic E-state index is 13.6. The van der Waals surface area contributed by atoms with E-state index in [2.05, 4.69) is 27.1 Å². The highest BCUT2D eigenvalue weighted by Gasteiger charge is 2.27. The molecule has 4 heterocycles. The van der Waals surface area contributed by atoms with Crippen molar-refractivity contribution in [2.24, 2.45) is 0 Å². The second kappa shape index (κ2) is 8.72. The van der Waals surface area contributed by atoms with Crippen molar-refractivity contribution in [1.29, 1.82) is 0 Å². The molecule has 1 fully saturated rings. The molecule has 1 aliphatic heterocycles. The van der Waals surface area contributed by atoms with Gasteiger partial charge in [0.1, 0.15) is 0 Å². The minimum absolute atomic E-state index is 0.139. The van der Waals surface area contributed by atoms with Crippen molar-refractivity contribution < 1.29 is 9.84 Å². The van der Waals surface area contributed by atoms with Crippen molar-refractivity contribution in [1.82, 2.24) is 19.5 Å². The number of thiazole rings is 1. The molecule has 1 aliphatic rings. The van der Waals surface area contributed by atoms with Crippen LogP contribution in [0.3, 0.4) is 0 Å². The van der Waals surface area contributed by atoms with Crippen LogP contribution in [-0.2, 0) is 11.2 Å². The zero-order valence-electron chi connectivity index (χ0n) is 18.3. The summed E-state index contributed by atoms with van der Waals surface area (Å²) < 4.78 is 6.91. The van der Waals surface area contributed by atoms with Crippen LogP contribution in [-0.4, -0.2) is 43.9 Å². The fourth-order valence-corrected chi connectivity index (χ4v) is 5.25. The Bertz CT molecular complexity index is 1530. The first-order chi connectivity index (χ1) is 16.7. The van der Waals surface area contributed by atoms with Crippen LogP contribution in [0.15, 0.2) is 70.7 Å². The Morgan fingerprint density at radius 1 is 1.06 bits per heavy atom. The summed E-state index contributed by atoms with van der Waals surface area (Å²) in [6, 6.07) is 13.7. The van der Waals surface area contributed by atoms with Gasteiger partial charge < -0.3 is 9.84 Å². The molecule has 0 radical (unpaired) electrons. The maximum absolute atomic E-state index is 13.6. The summed E-state index contributed by atoms with van der Waals surface area (Å²) in [6.45, 7) is 0.737. The lowest BCUT2D eigenvalue weighted by molar-refractivity contribution is -0.0395. The average Bonchev–Trinajstić information content (AvgIpc) is 3.41. The van der Waals surface area contributed by atoms with Gasteiger partial charge in [-0.25, -0.2) is 9.97 Å². The van der Waals surface area contributed by atoms with E-state index in [-0.39, 0.29) is 18.2 Å². The monoisotopic (exact) mass is 470 g/mol. The van der Waals surface area contributed by atoms with Gasteiger partial charge in [-0.05, 0) is 41.5 Å². The molecular formula is C26H22N4O3S. The third-order valence-corrected chi connectivity index (χ3v) is 7.03. The van der Waals surface area contributed by atoms with E-state index in [1.165, 1.54) is 0 Å². The van der Waals surface area contributed by atoms with Gasteiger partial charge in [-0.15, -0.1) is 11.3 Å². The van der Waals surface area contributed by atoms with Crippen LogP contribution in [0.1, 0.15) is 23.6 Å². The molecule has 2 aromatic carbocycles. The first-order valence-corrected chi connectivity index (χ1v) is 12.1. The van der Waals surface area contributed by atoms with Crippen molar-refractivity contribution in [3.05, 3.63) is 87.4 Å². The third kappa shape index (κ3) is 3.69. The lowest BCUT2D eigenvalue weighted by Gasteiger charge is -2.29. The minimum atomic E-state index is -0.729. The van der Waals surface area contributed by atoms with Crippen LogP contribution in [0.5, 0.6) is 0 Å². The number of hydrogen-bond acceptors (Lipinski definition) is 7. The van der Waals surface area contributed by atoms with Gasteiger partial charge in [-0.3, -0.25) is 14.3 Å². The predicted molar refractivity (Wildman–Crippen MR) is 132 cm³/mol. The molecule has 6 rings (SSSR count). The summed E-state index contributed by atoms with van der Waals surface area (Å²) in [5.41, 5.74) is 6.14. The smallest absolute Gasteiger partial charge is 0.261 e. The molecule has 8 heteroatoms. The number of fused-ring (bicyclic) bond motifs is 3. The second-order valence-electron chi connectivity index (χ2n) is 8.53. The van der Waals surface area contributed by atoms with Gasteiger partial charge >= 0.3 is 0 Å². The number of ether oxygens (including phenoxy) is 1. The molecule has 3 aromatic heterocycles. The Hall–Kier alpha value is -3.46. The standard InChI is InChI=1S/C26H22N4O3S/c31-24-12-33-8-7-23(24)30-14-28-25-19-4-2-1-3-18(19)17(10-20(25)26(30)32)9-16-5-6-21(27-11-16)22-13-34-15-29-22/h1-6,10-11,13-15,23-24,31H,7-9,12H2. The zero-order chi connectivity index (χ0) is 23.1. The number of aromatic nitrogens is 4. The zero-order valence-corrected chi connectivity index (χ0v) is 19.1. The molecule has 1 N–H and O–H groups in total. The number of hydrogen-bond donors (Lipinski definition) is 1. The topological polar surface area (TPSA) is 90.1 Å². The van der Waals surface area contributed by atoms with Crippen molar-refractivity contribution in [3.63, 3.8) is 0 Å². The highest BCUT2D eigenvalue weighted by Crippen LogP contribution is 2.29. The summed E-state index contributed by atoms with van der Waals surface area (Å²) in [6.07, 6.45) is 3.92. The summed E-state index contributed by atoms with van der Waals surface area (Å²) in [7, 11) is 0. The fourth-order valence-electron chi connectivity index (χ4n) is 4.71. The van der Waals surface area contributed by atoms with E-state index < -0.39 is 6.10 Å². The average molecular weight is 471 g/mol.